The quantitative estimate of drug-likeness (QED) is 0.679. The number of aromatic nitrogens is 2. The number of aromatic amines is 1. The molecule has 1 heterocycles. The molecule has 1 aromatic heterocycles. The molecule has 8 heteroatoms. The predicted octanol–water partition coefficient (Wildman–Crippen LogP) is 0.250. The van der Waals surface area contributed by atoms with Crippen molar-refractivity contribution in [1.82, 2.24) is 14.9 Å². The number of carboxylic acid groups (broad SMARTS) is 1. The lowest BCUT2D eigenvalue weighted by molar-refractivity contribution is -0.139. The molecule has 0 radical (unpaired) electrons. The van der Waals surface area contributed by atoms with Gasteiger partial charge in [-0.15, -0.1) is 0 Å². The van der Waals surface area contributed by atoms with Crippen LogP contribution in [0.5, 0.6) is 0 Å². The number of nitrogens with one attached hydrogen (secondary N) is 2. The van der Waals surface area contributed by atoms with Crippen LogP contribution in [-0.4, -0.2) is 35.7 Å². The van der Waals surface area contributed by atoms with Crippen LogP contribution < -0.4 is 4.72 Å². The lowest BCUT2D eigenvalue weighted by Gasteiger charge is -2.13. The van der Waals surface area contributed by atoms with Crippen molar-refractivity contribution in [3.8, 4) is 0 Å². The highest BCUT2D eigenvalue weighted by molar-refractivity contribution is 7.89. The van der Waals surface area contributed by atoms with Crippen LogP contribution in [0.15, 0.2) is 11.1 Å². The number of nitrogens with zero attached hydrogens (tertiary/aromatic N) is 1. The van der Waals surface area contributed by atoms with Gasteiger partial charge in [-0.3, -0.25) is 9.89 Å². The Morgan fingerprint density at radius 1 is 1.65 bits per heavy atom. The van der Waals surface area contributed by atoms with Gasteiger partial charge in [-0.1, -0.05) is 13.3 Å². The number of rotatable bonds is 6. The van der Waals surface area contributed by atoms with Gasteiger partial charge in [-0.05, 0) is 13.3 Å². The van der Waals surface area contributed by atoms with Crippen LogP contribution >= 0.6 is 0 Å². The smallest absolute Gasteiger partial charge is 0.321 e. The number of carboxylic acids is 1. The van der Waals surface area contributed by atoms with Gasteiger partial charge in [0.2, 0.25) is 10.0 Å². The molecule has 0 unspecified atom stereocenters. The molecule has 1 rings (SSSR count). The van der Waals surface area contributed by atoms with Gasteiger partial charge in [-0.25, -0.2) is 8.42 Å². The number of aliphatic carboxylic acids is 1. The molecule has 0 aromatic carbocycles. The van der Waals surface area contributed by atoms with E-state index in [2.05, 4.69) is 14.9 Å². The minimum atomic E-state index is -3.84. The van der Waals surface area contributed by atoms with E-state index in [-0.39, 0.29) is 11.3 Å². The highest BCUT2D eigenvalue weighted by Gasteiger charge is 2.26. The highest BCUT2D eigenvalue weighted by Crippen LogP contribution is 2.12. The molecule has 0 saturated heterocycles. The molecule has 3 N–H and O–H groups in total. The molecule has 0 spiro atoms. The van der Waals surface area contributed by atoms with Crippen LogP contribution in [0.1, 0.15) is 25.5 Å². The molecule has 96 valence electrons. The molecule has 0 aliphatic rings. The van der Waals surface area contributed by atoms with Gasteiger partial charge in [0.15, 0.2) is 0 Å². The van der Waals surface area contributed by atoms with Crippen LogP contribution in [0, 0.1) is 6.92 Å². The molecule has 17 heavy (non-hydrogen) atoms. The number of aryl methyl sites for hydroxylation is 1. The van der Waals surface area contributed by atoms with Gasteiger partial charge >= 0.3 is 5.97 Å². The van der Waals surface area contributed by atoms with Crippen LogP contribution in [0.3, 0.4) is 0 Å². The van der Waals surface area contributed by atoms with E-state index < -0.39 is 22.0 Å². The number of H-pyrrole nitrogens is 1. The van der Waals surface area contributed by atoms with Gasteiger partial charge < -0.3 is 5.11 Å². The van der Waals surface area contributed by atoms with E-state index in [9.17, 15) is 13.2 Å². The Labute approximate surface area is 99.3 Å². The summed E-state index contributed by atoms with van der Waals surface area (Å²) in [5.74, 6) is -1.18. The Bertz CT molecular complexity index is 494. The largest absolute Gasteiger partial charge is 0.480 e. The molecule has 0 saturated carbocycles. The summed E-state index contributed by atoms with van der Waals surface area (Å²) >= 11 is 0. The fourth-order valence-corrected chi connectivity index (χ4v) is 2.74. The first-order valence-electron chi connectivity index (χ1n) is 5.13. The zero-order valence-electron chi connectivity index (χ0n) is 9.60. The third-order valence-corrected chi connectivity index (χ3v) is 3.83. The Kier molecular flexibility index (Phi) is 4.24. The average Bonchev–Trinajstić information content (AvgIpc) is 2.64. The second-order valence-corrected chi connectivity index (χ2v) is 5.34. The Morgan fingerprint density at radius 2 is 2.29 bits per heavy atom. The second-order valence-electron chi connectivity index (χ2n) is 3.66. The van der Waals surface area contributed by atoms with E-state index in [4.69, 9.17) is 5.11 Å². The fraction of sp³-hybridized carbons (Fsp3) is 0.556. The fourth-order valence-electron chi connectivity index (χ4n) is 1.38. The first kappa shape index (κ1) is 13.7. The summed E-state index contributed by atoms with van der Waals surface area (Å²) in [5, 5.41) is 15.0. The molecule has 7 nitrogen and oxygen atoms in total. The minimum absolute atomic E-state index is 0.0279. The van der Waals surface area contributed by atoms with Gasteiger partial charge in [-0.2, -0.15) is 9.82 Å². The highest BCUT2D eigenvalue weighted by atomic mass is 32.2. The molecule has 1 aromatic rings. The first-order valence-corrected chi connectivity index (χ1v) is 6.62. The number of carbonyl (C=O) groups is 1. The molecule has 0 amide bonds. The third kappa shape index (κ3) is 3.27. The molecule has 0 aliphatic carbocycles. The van der Waals surface area contributed by atoms with E-state index in [1.54, 1.807) is 13.8 Å². The molecular formula is C9H15N3O4S. The number of hydrogen-bond acceptors (Lipinski definition) is 4. The Morgan fingerprint density at radius 3 is 2.71 bits per heavy atom. The maximum atomic E-state index is 11.9. The van der Waals surface area contributed by atoms with Crippen LogP contribution in [0.25, 0.3) is 0 Å². The summed E-state index contributed by atoms with van der Waals surface area (Å²) < 4.78 is 25.9. The normalized spacial score (nSPS) is 13.5. The average molecular weight is 261 g/mol. The Balaban J connectivity index is 2.93. The summed E-state index contributed by atoms with van der Waals surface area (Å²) in [4.78, 5) is 10.8. The summed E-state index contributed by atoms with van der Waals surface area (Å²) in [6, 6.07) is -1.11. The molecule has 0 fully saturated rings. The maximum absolute atomic E-state index is 11.9. The standard InChI is InChI=1S/C9H15N3O4S/c1-3-4-7(9(13)14)12-17(15,16)8-5-10-11-6(8)2/h5,7,12H,3-4H2,1-2H3,(H,10,11)(H,13,14)/t7-/m0/s1. The molecule has 0 aliphatic heterocycles. The first-order chi connectivity index (χ1) is 7.88. The van der Waals surface area contributed by atoms with Crippen molar-refractivity contribution in [3.63, 3.8) is 0 Å². The van der Waals surface area contributed by atoms with Crippen LogP contribution in [0.4, 0.5) is 0 Å². The van der Waals surface area contributed by atoms with Gasteiger partial charge in [0.1, 0.15) is 10.9 Å². The molecule has 0 bridgehead atoms. The number of sulfonamides is 1. The van der Waals surface area contributed by atoms with E-state index in [0.717, 1.165) is 6.20 Å². The van der Waals surface area contributed by atoms with Crippen molar-refractivity contribution < 1.29 is 18.3 Å². The monoisotopic (exact) mass is 261 g/mol. The van der Waals surface area contributed by atoms with Gasteiger partial charge in [0.25, 0.3) is 0 Å². The van der Waals surface area contributed by atoms with Gasteiger partial charge in [0, 0.05) is 0 Å². The van der Waals surface area contributed by atoms with Crippen molar-refractivity contribution in [1.29, 1.82) is 0 Å². The van der Waals surface area contributed by atoms with E-state index in [1.807, 2.05) is 0 Å². The van der Waals surface area contributed by atoms with Crippen LogP contribution in [-0.2, 0) is 14.8 Å². The summed E-state index contributed by atoms with van der Waals surface area (Å²) in [7, 11) is -3.84. The van der Waals surface area contributed by atoms with E-state index in [1.165, 1.54) is 0 Å². The topological polar surface area (TPSA) is 112 Å². The second kappa shape index (κ2) is 5.28. The predicted molar refractivity (Wildman–Crippen MR) is 60.0 cm³/mol. The van der Waals surface area contributed by atoms with E-state index in [0.29, 0.717) is 12.1 Å². The van der Waals surface area contributed by atoms with Crippen molar-refractivity contribution >= 4 is 16.0 Å². The Hall–Kier alpha value is -1.41. The van der Waals surface area contributed by atoms with Crippen molar-refractivity contribution in [3.05, 3.63) is 11.9 Å². The zero-order valence-corrected chi connectivity index (χ0v) is 10.4. The lowest BCUT2D eigenvalue weighted by Crippen LogP contribution is -2.40. The SMILES string of the molecule is CCC[C@H](NS(=O)(=O)c1cn[nH]c1C)C(=O)O. The molecule has 1 atom stereocenters. The molecular weight excluding hydrogens is 246 g/mol. The summed E-state index contributed by atoms with van der Waals surface area (Å²) in [6.45, 7) is 3.34. The zero-order chi connectivity index (χ0) is 13.1. The summed E-state index contributed by atoms with van der Waals surface area (Å²) in [6.07, 6.45) is 1.97. The van der Waals surface area contributed by atoms with Crippen LogP contribution in [0.2, 0.25) is 0 Å². The third-order valence-electron chi connectivity index (χ3n) is 2.25. The van der Waals surface area contributed by atoms with Gasteiger partial charge in [0.05, 0.1) is 11.9 Å². The lowest BCUT2D eigenvalue weighted by atomic mass is 10.2. The summed E-state index contributed by atoms with van der Waals surface area (Å²) in [5.41, 5.74) is 0.373. The minimum Gasteiger partial charge on any atom is -0.480 e. The van der Waals surface area contributed by atoms with Crippen molar-refractivity contribution in [2.45, 2.75) is 37.6 Å². The number of hydrogen-bond donors (Lipinski definition) is 3. The van der Waals surface area contributed by atoms with E-state index >= 15 is 0 Å². The maximum Gasteiger partial charge on any atom is 0.321 e. The van der Waals surface area contributed by atoms with Crippen molar-refractivity contribution in [2.75, 3.05) is 0 Å². The van der Waals surface area contributed by atoms with Crippen molar-refractivity contribution in [2.24, 2.45) is 0 Å².